The van der Waals surface area contributed by atoms with Crippen molar-refractivity contribution in [1.29, 1.82) is 0 Å². The van der Waals surface area contributed by atoms with E-state index in [0.29, 0.717) is 36.9 Å². The summed E-state index contributed by atoms with van der Waals surface area (Å²) in [6.07, 6.45) is 2.36. The normalized spacial score (nSPS) is 11.2. The number of anilines is 1. The highest BCUT2D eigenvalue weighted by atomic mass is 35.5. The Morgan fingerprint density at radius 3 is 2.19 bits per heavy atom. The first-order valence-electron chi connectivity index (χ1n) is 12.4. The highest BCUT2D eigenvalue weighted by Crippen LogP contribution is 2.41. The van der Waals surface area contributed by atoms with Gasteiger partial charge in [-0.3, -0.25) is 4.79 Å². The number of rotatable bonds is 11. The summed E-state index contributed by atoms with van der Waals surface area (Å²) in [5.41, 5.74) is 2.08. The monoisotopic (exact) mass is 642 g/mol. The highest BCUT2D eigenvalue weighted by molar-refractivity contribution is 7.99. The molecule has 1 N–H and O–H groups in total. The van der Waals surface area contributed by atoms with Gasteiger partial charge in [0.1, 0.15) is 5.15 Å². The first-order valence-corrected chi connectivity index (χ1v) is 14.4. The SMILES string of the molecule is COC(CNC(=O)N(/N=C/c1ccccc1)c1cc(Cl)c(Sc2ccc(C(=O)c3ccc(Cl)nc3)cc2)c(Cl)c1)OC. The molecule has 1 heterocycles. The molecule has 42 heavy (non-hydrogen) atoms. The quantitative estimate of drug-likeness (QED) is 0.0595. The summed E-state index contributed by atoms with van der Waals surface area (Å²) in [4.78, 5) is 31.3. The van der Waals surface area contributed by atoms with Gasteiger partial charge >= 0.3 is 6.03 Å². The minimum Gasteiger partial charge on any atom is -0.354 e. The third-order valence-electron chi connectivity index (χ3n) is 5.81. The summed E-state index contributed by atoms with van der Waals surface area (Å²) in [6.45, 7) is 0.0889. The first kappa shape index (κ1) is 31.5. The molecule has 0 aliphatic carbocycles. The van der Waals surface area contributed by atoms with Crippen molar-refractivity contribution >= 4 is 70.3 Å². The lowest BCUT2D eigenvalue weighted by Gasteiger charge is -2.21. The molecule has 12 heteroatoms. The summed E-state index contributed by atoms with van der Waals surface area (Å²) in [5, 5.41) is 9.23. The Morgan fingerprint density at radius 2 is 1.60 bits per heavy atom. The number of urea groups is 1. The number of amides is 2. The molecule has 0 saturated heterocycles. The lowest BCUT2D eigenvalue weighted by molar-refractivity contribution is -0.0970. The van der Waals surface area contributed by atoms with Gasteiger partial charge in [0, 0.05) is 41.3 Å². The highest BCUT2D eigenvalue weighted by Gasteiger charge is 2.20. The van der Waals surface area contributed by atoms with Crippen LogP contribution in [0, 0.1) is 0 Å². The zero-order chi connectivity index (χ0) is 30.1. The number of ketones is 1. The van der Waals surface area contributed by atoms with Crippen molar-refractivity contribution < 1.29 is 19.1 Å². The third kappa shape index (κ3) is 8.32. The van der Waals surface area contributed by atoms with Crippen molar-refractivity contribution in [1.82, 2.24) is 10.3 Å². The van der Waals surface area contributed by atoms with Gasteiger partial charge in [-0.25, -0.2) is 9.78 Å². The van der Waals surface area contributed by atoms with Crippen LogP contribution in [-0.4, -0.2) is 50.1 Å². The predicted octanol–water partition coefficient (Wildman–Crippen LogP) is 7.59. The summed E-state index contributed by atoms with van der Waals surface area (Å²) in [6, 6.07) is 22.2. The number of nitrogens with one attached hydrogen (secondary N) is 1. The van der Waals surface area contributed by atoms with Crippen molar-refractivity contribution in [3.8, 4) is 0 Å². The predicted molar refractivity (Wildman–Crippen MR) is 167 cm³/mol. The number of halogens is 3. The van der Waals surface area contributed by atoms with Gasteiger partial charge < -0.3 is 14.8 Å². The molecule has 0 spiro atoms. The van der Waals surface area contributed by atoms with E-state index < -0.39 is 12.3 Å². The fraction of sp³-hybridized carbons (Fsp3) is 0.133. The lowest BCUT2D eigenvalue weighted by Crippen LogP contribution is -2.41. The molecule has 0 aliphatic rings. The molecule has 0 saturated carbocycles. The van der Waals surface area contributed by atoms with Crippen LogP contribution in [0.2, 0.25) is 15.2 Å². The molecule has 1 aromatic heterocycles. The van der Waals surface area contributed by atoms with Gasteiger partial charge in [-0.2, -0.15) is 10.1 Å². The Kier molecular flexibility index (Phi) is 11.4. The number of carbonyl (C=O) groups excluding carboxylic acids is 2. The standard InChI is InChI=1S/C30H25Cl3N4O4S/c1-40-27(41-2)18-35-30(39)37(36-16-19-6-4-3-5-7-19)22-14-24(31)29(25(32)15-22)42-23-11-8-20(9-12-23)28(38)21-10-13-26(33)34-17-21/h3-17,27H,18H2,1-2H3,(H,35,39)/b36-16+. The van der Waals surface area contributed by atoms with Crippen LogP contribution in [0.3, 0.4) is 0 Å². The molecular weight excluding hydrogens is 619 g/mol. The van der Waals surface area contributed by atoms with Gasteiger partial charge in [0.25, 0.3) is 0 Å². The van der Waals surface area contributed by atoms with Crippen LogP contribution in [-0.2, 0) is 9.47 Å². The maximum atomic E-state index is 13.2. The maximum Gasteiger partial charge on any atom is 0.342 e. The van der Waals surface area contributed by atoms with Gasteiger partial charge in [0.2, 0.25) is 0 Å². The summed E-state index contributed by atoms with van der Waals surface area (Å²) >= 11 is 20.5. The Balaban J connectivity index is 1.55. The largest absolute Gasteiger partial charge is 0.354 e. The molecule has 4 aromatic rings. The van der Waals surface area contributed by atoms with Crippen LogP contribution >= 0.6 is 46.6 Å². The molecule has 2 amide bonds. The molecule has 0 aliphatic heterocycles. The Morgan fingerprint density at radius 1 is 0.952 bits per heavy atom. The topological polar surface area (TPSA) is 93.1 Å². The first-order chi connectivity index (χ1) is 20.3. The Bertz CT molecular complexity index is 1530. The Labute approximate surface area is 262 Å². The van der Waals surface area contributed by atoms with Crippen LogP contribution in [0.25, 0.3) is 0 Å². The summed E-state index contributed by atoms with van der Waals surface area (Å²) in [5.74, 6) is -0.173. The van der Waals surface area contributed by atoms with Crippen LogP contribution < -0.4 is 10.3 Å². The zero-order valence-corrected chi connectivity index (χ0v) is 25.5. The fourth-order valence-corrected chi connectivity index (χ4v) is 5.28. The number of nitrogens with zero attached hydrogens (tertiary/aromatic N) is 3. The number of hydrogen-bond donors (Lipinski definition) is 1. The number of aromatic nitrogens is 1. The number of hydrogen-bond acceptors (Lipinski definition) is 7. The molecule has 216 valence electrons. The molecule has 4 rings (SSSR count). The second kappa shape index (κ2) is 15.2. The molecule has 0 unspecified atom stereocenters. The van der Waals surface area contributed by atoms with E-state index >= 15 is 0 Å². The Hall–Kier alpha value is -3.44. The van der Waals surface area contributed by atoms with Crippen molar-refractivity contribution in [3.05, 3.63) is 117 Å². The third-order valence-corrected chi connectivity index (χ3v) is 8.01. The van der Waals surface area contributed by atoms with E-state index in [1.807, 2.05) is 30.3 Å². The van der Waals surface area contributed by atoms with E-state index in [1.54, 1.807) is 54.7 Å². The van der Waals surface area contributed by atoms with E-state index in [0.717, 1.165) is 15.5 Å². The summed E-state index contributed by atoms with van der Waals surface area (Å²) in [7, 11) is 2.95. The van der Waals surface area contributed by atoms with E-state index in [2.05, 4.69) is 15.4 Å². The number of benzene rings is 3. The number of ether oxygens (including phenoxy) is 2. The average molecular weight is 644 g/mol. The van der Waals surface area contributed by atoms with Gasteiger partial charge in [-0.1, -0.05) is 76.9 Å². The van der Waals surface area contributed by atoms with Gasteiger partial charge in [0.05, 0.1) is 28.5 Å². The zero-order valence-electron chi connectivity index (χ0n) is 22.5. The van der Waals surface area contributed by atoms with Gasteiger partial charge in [0.15, 0.2) is 12.1 Å². The minimum atomic E-state index is -0.635. The van der Waals surface area contributed by atoms with Crippen molar-refractivity contribution in [2.45, 2.75) is 16.1 Å². The molecule has 0 fully saturated rings. The van der Waals surface area contributed by atoms with Crippen molar-refractivity contribution in [2.75, 3.05) is 25.8 Å². The number of methoxy groups -OCH3 is 2. The van der Waals surface area contributed by atoms with Crippen LogP contribution in [0.4, 0.5) is 10.5 Å². The molecular formula is C30H25Cl3N4O4S. The van der Waals surface area contributed by atoms with Crippen molar-refractivity contribution in [3.63, 3.8) is 0 Å². The van der Waals surface area contributed by atoms with E-state index in [9.17, 15) is 9.59 Å². The second-order valence-electron chi connectivity index (χ2n) is 8.62. The lowest BCUT2D eigenvalue weighted by atomic mass is 10.1. The number of carbonyl (C=O) groups is 2. The second-order valence-corrected chi connectivity index (χ2v) is 10.9. The van der Waals surface area contributed by atoms with Crippen LogP contribution in [0.5, 0.6) is 0 Å². The fourth-order valence-electron chi connectivity index (χ4n) is 3.64. The van der Waals surface area contributed by atoms with E-state index in [-0.39, 0.29) is 12.3 Å². The molecule has 3 aromatic carbocycles. The van der Waals surface area contributed by atoms with E-state index in [1.165, 1.54) is 32.2 Å². The van der Waals surface area contributed by atoms with Crippen molar-refractivity contribution in [2.24, 2.45) is 5.10 Å². The molecule has 0 radical (unpaired) electrons. The van der Waals surface area contributed by atoms with E-state index in [4.69, 9.17) is 44.3 Å². The average Bonchev–Trinajstić information content (AvgIpc) is 3.00. The molecule has 8 nitrogen and oxygen atoms in total. The van der Waals surface area contributed by atoms with Gasteiger partial charge in [-0.15, -0.1) is 0 Å². The van der Waals surface area contributed by atoms with Gasteiger partial charge in [-0.05, 0) is 54.1 Å². The maximum absolute atomic E-state index is 13.2. The number of pyridine rings is 1. The molecule has 0 atom stereocenters. The smallest absolute Gasteiger partial charge is 0.342 e. The summed E-state index contributed by atoms with van der Waals surface area (Å²) < 4.78 is 10.3. The number of hydrazone groups is 1. The molecule has 0 bridgehead atoms. The van der Waals surface area contributed by atoms with Crippen LogP contribution in [0.1, 0.15) is 21.5 Å². The minimum absolute atomic E-state index is 0.0889. The van der Waals surface area contributed by atoms with Crippen LogP contribution in [0.15, 0.2) is 100.0 Å².